The van der Waals surface area contributed by atoms with Crippen molar-refractivity contribution in [1.82, 2.24) is 0 Å². The predicted octanol–water partition coefficient (Wildman–Crippen LogP) is 1.32. The lowest BCUT2D eigenvalue weighted by molar-refractivity contribution is -0.142. The molecule has 5 nitrogen and oxygen atoms in total. The van der Waals surface area contributed by atoms with Gasteiger partial charge in [0.2, 0.25) is 0 Å². The molecule has 2 rings (SSSR count). The van der Waals surface area contributed by atoms with Gasteiger partial charge in [-0.2, -0.15) is 0 Å². The SMILES string of the molecule is COC(=O)[C@@H](N)CC1C=CC(C(=O)C2CCCC2=O)=CC1. The average molecular weight is 291 g/mol. The second kappa shape index (κ2) is 6.80. The number of methoxy groups -OCH3 is 1. The second-order valence-electron chi connectivity index (χ2n) is 5.66. The Hall–Kier alpha value is -1.75. The molecule has 2 aliphatic rings. The number of hydrogen-bond acceptors (Lipinski definition) is 5. The fraction of sp³-hybridized carbons (Fsp3) is 0.562. The van der Waals surface area contributed by atoms with Gasteiger partial charge in [0.1, 0.15) is 11.8 Å². The Balaban J connectivity index is 1.91. The first-order chi connectivity index (χ1) is 10.0. The lowest BCUT2D eigenvalue weighted by Crippen LogP contribution is -2.33. The third kappa shape index (κ3) is 3.67. The van der Waals surface area contributed by atoms with Gasteiger partial charge in [-0.15, -0.1) is 0 Å². The zero-order valence-corrected chi connectivity index (χ0v) is 12.2. The van der Waals surface area contributed by atoms with E-state index in [2.05, 4.69) is 4.74 Å². The molecule has 0 aromatic heterocycles. The number of ketones is 2. The van der Waals surface area contributed by atoms with Gasteiger partial charge in [0.25, 0.3) is 0 Å². The van der Waals surface area contributed by atoms with Crippen molar-refractivity contribution in [2.45, 2.75) is 38.1 Å². The summed E-state index contributed by atoms with van der Waals surface area (Å²) >= 11 is 0. The Bertz CT molecular complexity index is 506. The van der Waals surface area contributed by atoms with Gasteiger partial charge in [-0.1, -0.05) is 18.2 Å². The van der Waals surface area contributed by atoms with Gasteiger partial charge < -0.3 is 10.5 Å². The highest BCUT2D eigenvalue weighted by Gasteiger charge is 2.32. The quantitative estimate of drug-likeness (QED) is 0.610. The summed E-state index contributed by atoms with van der Waals surface area (Å²) in [7, 11) is 1.31. The maximum absolute atomic E-state index is 12.3. The first kappa shape index (κ1) is 15.6. The smallest absolute Gasteiger partial charge is 0.322 e. The van der Waals surface area contributed by atoms with Crippen LogP contribution >= 0.6 is 0 Å². The summed E-state index contributed by atoms with van der Waals surface area (Å²) in [6.45, 7) is 0. The van der Waals surface area contributed by atoms with Crippen molar-refractivity contribution >= 4 is 17.5 Å². The summed E-state index contributed by atoms with van der Waals surface area (Å²) in [5.41, 5.74) is 6.34. The lowest BCUT2D eigenvalue weighted by atomic mass is 9.86. The molecule has 0 aliphatic heterocycles. The van der Waals surface area contributed by atoms with E-state index in [1.54, 1.807) is 6.08 Å². The number of hydrogen-bond donors (Lipinski definition) is 1. The first-order valence-corrected chi connectivity index (χ1v) is 7.31. The van der Waals surface area contributed by atoms with E-state index in [1.807, 2.05) is 12.2 Å². The van der Waals surface area contributed by atoms with E-state index in [0.717, 1.165) is 6.42 Å². The van der Waals surface area contributed by atoms with Crippen LogP contribution in [-0.2, 0) is 19.1 Å². The average Bonchev–Trinajstić information content (AvgIpc) is 2.92. The summed E-state index contributed by atoms with van der Waals surface area (Å²) in [4.78, 5) is 35.2. The zero-order chi connectivity index (χ0) is 15.4. The van der Waals surface area contributed by atoms with Crippen LogP contribution in [0, 0.1) is 11.8 Å². The van der Waals surface area contributed by atoms with E-state index in [0.29, 0.717) is 31.3 Å². The fourth-order valence-corrected chi connectivity index (χ4v) is 2.89. The number of rotatable bonds is 5. The number of nitrogens with two attached hydrogens (primary N) is 1. The lowest BCUT2D eigenvalue weighted by Gasteiger charge is -2.19. The highest BCUT2D eigenvalue weighted by molar-refractivity contribution is 6.12. The third-order valence-electron chi connectivity index (χ3n) is 4.15. The van der Waals surface area contributed by atoms with E-state index in [9.17, 15) is 14.4 Å². The fourth-order valence-electron chi connectivity index (χ4n) is 2.89. The minimum absolute atomic E-state index is 0.0594. The molecular weight excluding hydrogens is 270 g/mol. The van der Waals surface area contributed by atoms with Gasteiger partial charge in [-0.05, 0) is 31.6 Å². The van der Waals surface area contributed by atoms with Crippen LogP contribution in [0.15, 0.2) is 23.8 Å². The summed E-state index contributed by atoms with van der Waals surface area (Å²) < 4.78 is 4.60. The molecule has 0 radical (unpaired) electrons. The number of allylic oxidation sites excluding steroid dienone is 4. The largest absolute Gasteiger partial charge is 0.468 e. The molecule has 0 heterocycles. The van der Waals surface area contributed by atoms with Crippen molar-refractivity contribution < 1.29 is 19.1 Å². The third-order valence-corrected chi connectivity index (χ3v) is 4.15. The highest BCUT2D eigenvalue weighted by Crippen LogP contribution is 2.28. The molecule has 114 valence electrons. The molecule has 1 fully saturated rings. The minimum Gasteiger partial charge on any atom is -0.468 e. The normalized spacial score (nSPS) is 26.4. The van der Waals surface area contributed by atoms with E-state index in [1.165, 1.54) is 7.11 Å². The molecule has 2 unspecified atom stereocenters. The molecule has 3 atom stereocenters. The number of esters is 1. The van der Waals surface area contributed by atoms with Crippen LogP contribution in [0.5, 0.6) is 0 Å². The molecule has 0 aromatic carbocycles. The van der Waals surface area contributed by atoms with Crippen molar-refractivity contribution in [2.75, 3.05) is 7.11 Å². The van der Waals surface area contributed by atoms with Gasteiger partial charge >= 0.3 is 5.97 Å². The molecule has 0 amide bonds. The molecule has 0 spiro atoms. The maximum atomic E-state index is 12.3. The van der Waals surface area contributed by atoms with Crippen LogP contribution in [0.1, 0.15) is 32.1 Å². The van der Waals surface area contributed by atoms with Gasteiger partial charge in [0.05, 0.1) is 13.0 Å². The first-order valence-electron chi connectivity index (χ1n) is 7.31. The summed E-state index contributed by atoms with van der Waals surface area (Å²) in [5, 5.41) is 0. The van der Waals surface area contributed by atoms with Gasteiger partial charge in [-0.25, -0.2) is 0 Å². The Morgan fingerprint density at radius 2 is 2.24 bits per heavy atom. The Morgan fingerprint density at radius 3 is 2.76 bits per heavy atom. The van der Waals surface area contributed by atoms with E-state index in [4.69, 9.17) is 5.73 Å². The topological polar surface area (TPSA) is 86.5 Å². The van der Waals surface area contributed by atoms with Crippen molar-refractivity contribution in [1.29, 1.82) is 0 Å². The molecule has 21 heavy (non-hydrogen) atoms. The van der Waals surface area contributed by atoms with Crippen LogP contribution in [0.25, 0.3) is 0 Å². The van der Waals surface area contributed by atoms with Gasteiger partial charge in [0.15, 0.2) is 5.78 Å². The summed E-state index contributed by atoms with van der Waals surface area (Å²) in [6, 6.07) is -0.647. The monoisotopic (exact) mass is 291 g/mol. The van der Waals surface area contributed by atoms with Gasteiger partial charge in [-0.3, -0.25) is 14.4 Å². The number of carbonyl (C=O) groups is 3. The summed E-state index contributed by atoms with van der Waals surface area (Å²) in [5.74, 6) is -0.760. The summed E-state index contributed by atoms with van der Waals surface area (Å²) in [6.07, 6.45) is 8.64. The second-order valence-corrected chi connectivity index (χ2v) is 5.66. The van der Waals surface area contributed by atoms with E-state index < -0.39 is 17.9 Å². The number of carbonyl (C=O) groups excluding carboxylic acids is 3. The number of ether oxygens (including phenoxy) is 1. The predicted molar refractivity (Wildman–Crippen MR) is 77.3 cm³/mol. The molecule has 0 saturated heterocycles. The molecule has 0 aromatic rings. The Labute approximate surface area is 124 Å². The maximum Gasteiger partial charge on any atom is 0.322 e. The van der Waals surface area contributed by atoms with Gasteiger partial charge in [0, 0.05) is 12.0 Å². The molecule has 2 aliphatic carbocycles. The molecule has 2 N–H and O–H groups in total. The molecular formula is C16H21NO4. The molecule has 1 saturated carbocycles. The van der Waals surface area contributed by atoms with Crippen LogP contribution in [0.2, 0.25) is 0 Å². The van der Waals surface area contributed by atoms with E-state index in [-0.39, 0.29) is 17.5 Å². The highest BCUT2D eigenvalue weighted by atomic mass is 16.5. The molecule has 0 bridgehead atoms. The van der Waals surface area contributed by atoms with Crippen LogP contribution < -0.4 is 5.73 Å². The zero-order valence-electron chi connectivity index (χ0n) is 12.2. The van der Waals surface area contributed by atoms with Crippen LogP contribution in [-0.4, -0.2) is 30.7 Å². The van der Waals surface area contributed by atoms with Crippen LogP contribution in [0.4, 0.5) is 0 Å². The molecule has 5 heteroatoms. The van der Waals surface area contributed by atoms with Crippen molar-refractivity contribution in [3.8, 4) is 0 Å². The van der Waals surface area contributed by atoms with E-state index >= 15 is 0 Å². The Morgan fingerprint density at radius 1 is 1.48 bits per heavy atom. The van der Waals surface area contributed by atoms with Crippen LogP contribution in [0.3, 0.4) is 0 Å². The van der Waals surface area contributed by atoms with Crippen molar-refractivity contribution in [2.24, 2.45) is 17.6 Å². The van der Waals surface area contributed by atoms with Crippen molar-refractivity contribution in [3.63, 3.8) is 0 Å². The number of Topliss-reactive ketones (excluding diaryl/α,β-unsaturated/α-hetero) is 2. The Kier molecular flexibility index (Phi) is 5.07. The minimum atomic E-state index is -0.647. The standard InChI is InChI=1S/C16H21NO4/c1-21-16(20)13(17)9-10-5-7-11(8-6-10)15(19)12-3-2-4-14(12)18/h5,7-8,10,12-13H,2-4,6,9,17H2,1H3/t10?,12?,13-/m0/s1. The van der Waals surface area contributed by atoms with Crippen molar-refractivity contribution in [3.05, 3.63) is 23.8 Å².